The molecule has 0 spiro atoms. The van der Waals surface area contributed by atoms with Gasteiger partial charge >= 0.3 is 6.03 Å². The van der Waals surface area contributed by atoms with Crippen molar-refractivity contribution in [1.29, 1.82) is 0 Å². The van der Waals surface area contributed by atoms with E-state index in [-0.39, 0.29) is 12.6 Å². The summed E-state index contributed by atoms with van der Waals surface area (Å²) in [4.78, 5) is 17.4. The van der Waals surface area contributed by atoms with E-state index >= 15 is 0 Å². The Labute approximate surface area is 134 Å². The van der Waals surface area contributed by atoms with Crippen LogP contribution in [0, 0.1) is 13.8 Å². The molecule has 0 unspecified atom stereocenters. The monoisotopic (exact) mass is 319 g/mol. The number of aromatic nitrogens is 1. The molecule has 1 heterocycles. The van der Waals surface area contributed by atoms with Gasteiger partial charge in [0.1, 0.15) is 0 Å². The molecule has 0 saturated carbocycles. The van der Waals surface area contributed by atoms with Gasteiger partial charge in [0.25, 0.3) is 0 Å². The van der Waals surface area contributed by atoms with Crippen LogP contribution in [0.4, 0.5) is 4.79 Å². The number of urea groups is 1. The van der Waals surface area contributed by atoms with Crippen molar-refractivity contribution in [3.8, 4) is 0 Å². The lowest BCUT2D eigenvalue weighted by Crippen LogP contribution is -2.36. The lowest BCUT2D eigenvalue weighted by molar-refractivity contribution is 0.240. The summed E-state index contributed by atoms with van der Waals surface area (Å²) in [5.74, 6) is 0. The number of aryl methyl sites for hydroxylation is 2. The molecule has 22 heavy (non-hydrogen) atoms. The van der Waals surface area contributed by atoms with Crippen LogP contribution in [0.5, 0.6) is 0 Å². The molecule has 0 radical (unpaired) electrons. The number of hydrogen-bond donors (Lipinski definition) is 3. The quantitative estimate of drug-likeness (QED) is 0.765. The first kappa shape index (κ1) is 16.5. The number of rotatable bonds is 6. The fraction of sp³-hybridized carbons (Fsp3) is 0.375. The van der Waals surface area contributed by atoms with Crippen molar-refractivity contribution in [1.82, 2.24) is 15.6 Å². The minimum Gasteiger partial charge on any atom is -0.392 e. The topological polar surface area (TPSA) is 74.2 Å². The van der Waals surface area contributed by atoms with Crippen molar-refractivity contribution in [2.75, 3.05) is 6.54 Å². The van der Waals surface area contributed by atoms with Crippen LogP contribution in [-0.2, 0) is 19.6 Å². The average molecular weight is 319 g/mol. The third-order valence-corrected chi connectivity index (χ3v) is 4.50. The van der Waals surface area contributed by atoms with E-state index in [0.29, 0.717) is 13.1 Å². The van der Waals surface area contributed by atoms with E-state index in [0.717, 1.165) is 28.2 Å². The van der Waals surface area contributed by atoms with Gasteiger partial charge in [0.2, 0.25) is 0 Å². The highest BCUT2D eigenvalue weighted by Gasteiger charge is 2.06. The van der Waals surface area contributed by atoms with Gasteiger partial charge in [0.05, 0.1) is 17.3 Å². The third-order valence-electron chi connectivity index (χ3n) is 3.37. The summed E-state index contributed by atoms with van der Waals surface area (Å²) in [6, 6.07) is 7.31. The van der Waals surface area contributed by atoms with E-state index in [1.807, 2.05) is 38.1 Å². The Morgan fingerprint density at radius 3 is 2.59 bits per heavy atom. The summed E-state index contributed by atoms with van der Waals surface area (Å²) in [5.41, 5.74) is 2.80. The van der Waals surface area contributed by atoms with Crippen molar-refractivity contribution in [3.63, 3.8) is 0 Å². The fourth-order valence-electron chi connectivity index (χ4n) is 2.22. The van der Waals surface area contributed by atoms with Gasteiger partial charge in [-0.25, -0.2) is 9.78 Å². The molecule has 5 nitrogen and oxygen atoms in total. The zero-order chi connectivity index (χ0) is 15.9. The molecular weight excluding hydrogens is 298 g/mol. The summed E-state index contributed by atoms with van der Waals surface area (Å²) in [7, 11) is 0. The van der Waals surface area contributed by atoms with Gasteiger partial charge in [-0.05, 0) is 25.0 Å². The van der Waals surface area contributed by atoms with Gasteiger partial charge < -0.3 is 15.7 Å². The molecule has 2 amide bonds. The molecule has 0 atom stereocenters. The lowest BCUT2D eigenvalue weighted by atomic mass is 10.1. The molecule has 0 aliphatic rings. The molecule has 6 heteroatoms. The first-order valence-corrected chi connectivity index (χ1v) is 8.04. The molecule has 1 aromatic heterocycles. The van der Waals surface area contributed by atoms with Crippen molar-refractivity contribution in [2.24, 2.45) is 0 Å². The summed E-state index contributed by atoms with van der Waals surface area (Å²) >= 11 is 1.67. The molecule has 0 fully saturated rings. The number of carbonyl (C=O) groups excluding carboxylic acids is 1. The highest BCUT2D eigenvalue weighted by atomic mass is 32.1. The maximum atomic E-state index is 11.8. The molecule has 0 saturated heterocycles. The summed E-state index contributed by atoms with van der Waals surface area (Å²) < 4.78 is 0. The molecule has 2 aromatic rings. The van der Waals surface area contributed by atoms with Crippen molar-refractivity contribution in [2.45, 2.75) is 33.4 Å². The van der Waals surface area contributed by atoms with Gasteiger partial charge in [-0.3, -0.25) is 0 Å². The minimum atomic E-state index is -0.202. The van der Waals surface area contributed by atoms with Crippen LogP contribution >= 0.6 is 11.3 Å². The van der Waals surface area contributed by atoms with Gasteiger partial charge in [0, 0.05) is 24.4 Å². The van der Waals surface area contributed by atoms with Crippen LogP contribution < -0.4 is 10.6 Å². The van der Waals surface area contributed by atoms with Crippen molar-refractivity contribution >= 4 is 17.4 Å². The largest absolute Gasteiger partial charge is 0.392 e. The summed E-state index contributed by atoms with van der Waals surface area (Å²) in [6.45, 7) is 4.94. The first-order valence-electron chi connectivity index (χ1n) is 7.22. The molecule has 3 N–H and O–H groups in total. The van der Waals surface area contributed by atoms with E-state index in [1.165, 1.54) is 4.88 Å². The van der Waals surface area contributed by atoms with Crippen LogP contribution in [-0.4, -0.2) is 22.7 Å². The van der Waals surface area contributed by atoms with E-state index in [1.54, 1.807) is 11.3 Å². The second-order valence-electron chi connectivity index (χ2n) is 5.03. The number of aliphatic hydroxyl groups is 1. The van der Waals surface area contributed by atoms with E-state index in [4.69, 9.17) is 0 Å². The van der Waals surface area contributed by atoms with Gasteiger partial charge in [-0.15, -0.1) is 11.3 Å². The Morgan fingerprint density at radius 1 is 1.23 bits per heavy atom. The predicted molar refractivity (Wildman–Crippen MR) is 87.9 cm³/mol. The second-order valence-corrected chi connectivity index (χ2v) is 6.32. The number of aliphatic hydroxyl groups excluding tert-OH is 1. The number of carbonyl (C=O) groups is 1. The standard InChI is InChI=1S/C16H21N3O2S/c1-11-15(22-12(2)19-11)7-8-17-16(21)18-9-13-5-3-4-6-14(13)10-20/h3-6,20H,7-10H2,1-2H3,(H2,17,18,21). The zero-order valence-electron chi connectivity index (χ0n) is 12.8. The number of nitrogens with one attached hydrogen (secondary N) is 2. The van der Waals surface area contributed by atoms with Gasteiger partial charge in [-0.2, -0.15) is 0 Å². The SMILES string of the molecule is Cc1nc(C)c(CCNC(=O)NCc2ccccc2CO)s1. The first-order chi connectivity index (χ1) is 10.6. The maximum absolute atomic E-state index is 11.8. The number of thiazole rings is 1. The van der Waals surface area contributed by atoms with Gasteiger partial charge in [0.15, 0.2) is 0 Å². The van der Waals surface area contributed by atoms with Crippen LogP contribution in [0.3, 0.4) is 0 Å². The molecule has 0 aliphatic carbocycles. The zero-order valence-corrected chi connectivity index (χ0v) is 13.7. The Hall–Kier alpha value is -1.92. The number of benzene rings is 1. The van der Waals surface area contributed by atoms with Gasteiger partial charge in [-0.1, -0.05) is 24.3 Å². The molecule has 0 bridgehead atoms. The molecule has 118 valence electrons. The normalized spacial score (nSPS) is 10.5. The number of amides is 2. The maximum Gasteiger partial charge on any atom is 0.315 e. The molecular formula is C16H21N3O2S. The van der Waals surface area contributed by atoms with E-state index < -0.39 is 0 Å². The average Bonchev–Trinajstić information content (AvgIpc) is 2.83. The van der Waals surface area contributed by atoms with E-state index in [9.17, 15) is 9.90 Å². The van der Waals surface area contributed by atoms with Crippen LogP contribution in [0.25, 0.3) is 0 Å². The fourth-order valence-corrected chi connectivity index (χ4v) is 3.15. The molecule has 0 aliphatic heterocycles. The third kappa shape index (κ3) is 4.54. The Balaban J connectivity index is 1.75. The van der Waals surface area contributed by atoms with Crippen LogP contribution in [0.15, 0.2) is 24.3 Å². The highest BCUT2D eigenvalue weighted by Crippen LogP contribution is 2.17. The Morgan fingerprint density at radius 2 is 1.95 bits per heavy atom. The predicted octanol–water partition coefficient (Wildman–Crippen LogP) is 2.29. The van der Waals surface area contributed by atoms with Crippen LogP contribution in [0.1, 0.15) is 26.7 Å². The minimum absolute atomic E-state index is 0.0243. The highest BCUT2D eigenvalue weighted by molar-refractivity contribution is 7.11. The number of nitrogens with zero attached hydrogens (tertiary/aromatic N) is 1. The molecule has 1 aromatic carbocycles. The smallest absolute Gasteiger partial charge is 0.315 e. The molecule has 2 rings (SSSR count). The van der Waals surface area contributed by atoms with Crippen LogP contribution in [0.2, 0.25) is 0 Å². The lowest BCUT2D eigenvalue weighted by Gasteiger charge is -2.10. The Bertz CT molecular complexity index is 640. The summed E-state index contributed by atoms with van der Waals surface area (Å²) in [6.07, 6.45) is 0.790. The van der Waals surface area contributed by atoms with Crippen molar-refractivity contribution in [3.05, 3.63) is 51.0 Å². The van der Waals surface area contributed by atoms with E-state index in [2.05, 4.69) is 15.6 Å². The Kier molecular flexibility index (Phi) is 5.91. The van der Waals surface area contributed by atoms with Crippen molar-refractivity contribution < 1.29 is 9.90 Å². The number of hydrogen-bond acceptors (Lipinski definition) is 4. The second kappa shape index (κ2) is 7.91. The summed E-state index contributed by atoms with van der Waals surface area (Å²) in [5, 5.41) is 15.9.